The molecule has 0 amide bonds. The summed E-state index contributed by atoms with van der Waals surface area (Å²) in [5, 5.41) is 0. The molecule has 0 radical (unpaired) electrons. The van der Waals surface area contributed by atoms with Crippen molar-refractivity contribution in [2.24, 2.45) is 17.8 Å². The Morgan fingerprint density at radius 1 is 0.767 bits per heavy atom. The minimum absolute atomic E-state index is 0.712. The van der Waals surface area contributed by atoms with Crippen molar-refractivity contribution in [1.29, 1.82) is 0 Å². The fourth-order valence-electron chi connectivity index (χ4n) is 6.00. The second-order valence-electron chi connectivity index (χ2n) is 10.3. The lowest BCUT2D eigenvalue weighted by molar-refractivity contribution is 0.225. The maximum atomic E-state index is 12.1. The van der Waals surface area contributed by atoms with Crippen LogP contribution in [0.15, 0.2) is 36.7 Å². The van der Waals surface area contributed by atoms with Crippen LogP contribution >= 0.6 is 0 Å². The number of hydrogen-bond acceptors (Lipinski definition) is 0. The average molecular weight is 413 g/mol. The summed E-state index contributed by atoms with van der Waals surface area (Å²) in [6.45, 7) is 2.28. The molecule has 168 valence electrons. The van der Waals surface area contributed by atoms with Crippen molar-refractivity contribution in [2.75, 3.05) is 0 Å². The average Bonchev–Trinajstić information content (AvgIpc) is 2.80. The molecule has 0 saturated heterocycles. The number of halogens is 1. The third-order valence-electron chi connectivity index (χ3n) is 8.15. The highest BCUT2D eigenvalue weighted by Gasteiger charge is 2.25. The standard InChI is InChI=1S/C29H45F/c1-2-3-4-7-25-15-19-28(20-16-25)29-21-17-27(18-22-29)14-13-26-11-9-24(10-12-26)8-5-6-23-30/h6,15-16,19-20,23-24,26-27,29H,2-5,7-14,17-18,21-22H2,1H3/b23-6+/t24-,26-,27-,29-. The molecule has 30 heavy (non-hydrogen) atoms. The normalized spacial score (nSPS) is 27.5. The lowest BCUT2D eigenvalue weighted by atomic mass is 9.74. The molecule has 0 aromatic heterocycles. The maximum Gasteiger partial charge on any atom is 0.0827 e. The molecule has 2 aliphatic rings. The largest absolute Gasteiger partial charge is 0.216 e. The number of benzene rings is 1. The molecule has 1 heteroatoms. The minimum atomic E-state index is 0.712. The van der Waals surface area contributed by atoms with Crippen molar-refractivity contribution >= 4 is 0 Å². The molecule has 0 unspecified atom stereocenters. The Morgan fingerprint density at radius 2 is 1.33 bits per heavy atom. The zero-order chi connectivity index (χ0) is 21.0. The number of unbranched alkanes of at least 4 members (excludes halogenated alkanes) is 2. The van der Waals surface area contributed by atoms with Gasteiger partial charge >= 0.3 is 0 Å². The quantitative estimate of drug-likeness (QED) is 0.317. The van der Waals surface area contributed by atoms with E-state index in [0.717, 1.165) is 30.1 Å². The summed E-state index contributed by atoms with van der Waals surface area (Å²) < 4.78 is 12.1. The highest BCUT2D eigenvalue weighted by atomic mass is 19.1. The first-order valence-corrected chi connectivity index (χ1v) is 13.1. The zero-order valence-electron chi connectivity index (χ0n) is 19.5. The summed E-state index contributed by atoms with van der Waals surface area (Å²) >= 11 is 0. The first-order valence-electron chi connectivity index (χ1n) is 13.1. The summed E-state index contributed by atoms with van der Waals surface area (Å²) in [5.41, 5.74) is 3.11. The molecule has 0 aliphatic heterocycles. The van der Waals surface area contributed by atoms with E-state index in [1.165, 1.54) is 102 Å². The van der Waals surface area contributed by atoms with Gasteiger partial charge in [-0.3, -0.25) is 0 Å². The van der Waals surface area contributed by atoms with Crippen LogP contribution in [0.4, 0.5) is 4.39 Å². The highest BCUT2D eigenvalue weighted by molar-refractivity contribution is 5.26. The van der Waals surface area contributed by atoms with E-state index < -0.39 is 0 Å². The number of aryl methyl sites for hydroxylation is 1. The summed E-state index contributed by atoms with van der Waals surface area (Å²) in [6.07, 6.45) is 23.9. The first kappa shape index (κ1) is 23.6. The van der Waals surface area contributed by atoms with Crippen LogP contribution in [0, 0.1) is 17.8 Å². The van der Waals surface area contributed by atoms with Gasteiger partial charge in [-0.2, -0.15) is 0 Å². The van der Waals surface area contributed by atoms with Gasteiger partial charge in [0.1, 0.15) is 0 Å². The van der Waals surface area contributed by atoms with Gasteiger partial charge in [-0.1, -0.05) is 88.6 Å². The van der Waals surface area contributed by atoms with E-state index in [4.69, 9.17) is 0 Å². The van der Waals surface area contributed by atoms with Crippen molar-refractivity contribution in [2.45, 2.75) is 116 Å². The molecule has 0 N–H and O–H groups in total. The molecule has 0 nitrogen and oxygen atoms in total. The SMILES string of the molecule is CCCCCc1ccc([C@H]2CC[C@H](CC[C@H]3CC[C@H](CC/C=C/F)CC3)CC2)cc1. The van der Waals surface area contributed by atoms with Gasteiger partial charge in [0, 0.05) is 0 Å². The number of rotatable bonds is 11. The third kappa shape index (κ3) is 7.86. The van der Waals surface area contributed by atoms with E-state index in [0.29, 0.717) is 6.33 Å². The summed E-state index contributed by atoms with van der Waals surface area (Å²) in [7, 11) is 0. The third-order valence-corrected chi connectivity index (χ3v) is 8.15. The fourth-order valence-corrected chi connectivity index (χ4v) is 6.00. The van der Waals surface area contributed by atoms with Crippen molar-refractivity contribution in [3.05, 3.63) is 47.8 Å². The van der Waals surface area contributed by atoms with Crippen LogP contribution in [0.2, 0.25) is 0 Å². The fraction of sp³-hybridized carbons (Fsp3) is 0.724. The van der Waals surface area contributed by atoms with E-state index in [2.05, 4.69) is 31.2 Å². The van der Waals surface area contributed by atoms with Gasteiger partial charge in [-0.25, -0.2) is 4.39 Å². The second-order valence-corrected chi connectivity index (χ2v) is 10.3. The molecule has 2 fully saturated rings. The number of allylic oxidation sites excluding steroid dienone is 1. The van der Waals surface area contributed by atoms with Crippen molar-refractivity contribution in [1.82, 2.24) is 0 Å². The van der Waals surface area contributed by atoms with Gasteiger partial charge in [-0.15, -0.1) is 0 Å². The van der Waals surface area contributed by atoms with Gasteiger partial charge in [0.2, 0.25) is 0 Å². The lowest BCUT2D eigenvalue weighted by Crippen LogP contribution is -2.17. The molecule has 0 heterocycles. The Morgan fingerprint density at radius 3 is 1.90 bits per heavy atom. The molecule has 1 aromatic rings. The monoisotopic (exact) mass is 412 g/mol. The Bertz CT molecular complexity index is 585. The van der Waals surface area contributed by atoms with Crippen LogP contribution in [0.3, 0.4) is 0 Å². The lowest BCUT2D eigenvalue weighted by Gasteiger charge is -2.32. The summed E-state index contributed by atoms with van der Waals surface area (Å²) in [4.78, 5) is 0. The molecule has 0 spiro atoms. The molecular weight excluding hydrogens is 367 g/mol. The molecule has 0 atom stereocenters. The van der Waals surface area contributed by atoms with E-state index in [1.54, 1.807) is 11.6 Å². The van der Waals surface area contributed by atoms with Crippen molar-refractivity contribution < 1.29 is 4.39 Å². The zero-order valence-corrected chi connectivity index (χ0v) is 19.5. The van der Waals surface area contributed by atoms with E-state index >= 15 is 0 Å². The van der Waals surface area contributed by atoms with Crippen LogP contribution in [0.5, 0.6) is 0 Å². The van der Waals surface area contributed by atoms with E-state index in [-0.39, 0.29) is 0 Å². The van der Waals surface area contributed by atoms with Crippen LogP contribution in [0.25, 0.3) is 0 Å². The summed E-state index contributed by atoms with van der Waals surface area (Å²) in [6, 6.07) is 9.63. The smallest absolute Gasteiger partial charge is 0.0827 e. The second kappa shape index (κ2) is 13.3. The molecular formula is C29H45F. The van der Waals surface area contributed by atoms with E-state index in [1.807, 2.05) is 0 Å². The van der Waals surface area contributed by atoms with Gasteiger partial charge < -0.3 is 0 Å². The Kier molecular flexibility index (Phi) is 10.5. The maximum absolute atomic E-state index is 12.1. The van der Waals surface area contributed by atoms with Crippen molar-refractivity contribution in [3.8, 4) is 0 Å². The topological polar surface area (TPSA) is 0 Å². The molecule has 1 aromatic carbocycles. The minimum Gasteiger partial charge on any atom is -0.216 e. The predicted octanol–water partition coefficient (Wildman–Crippen LogP) is 9.54. The van der Waals surface area contributed by atoms with Gasteiger partial charge in [-0.05, 0) is 86.2 Å². The van der Waals surface area contributed by atoms with Gasteiger partial charge in [0.25, 0.3) is 0 Å². The Hall–Kier alpha value is -1.11. The van der Waals surface area contributed by atoms with Crippen LogP contribution < -0.4 is 0 Å². The Labute approximate surface area is 185 Å². The predicted molar refractivity (Wildman–Crippen MR) is 129 cm³/mol. The molecule has 3 rings (SSSR count). The molecule has 0 bridgehead atoms. The highest BCUT2D eigenvalue weighted by Crippen LogP contribution is 2.40. The van der Waals surface area contributed by atoms with Crippen molar-refractivity contribution in [3.63, 3.8) is 0 Å². The Balaban J connectivity index is 1.30. The van der Waals surface area contributed by atoms with Crippen LogP contribution in [0.1, 0.15) is 120 Å². The van der Waals surface area contributed by atoms with Crippen LogP contribution in [-0.2, 0) is 6.42 Å². The van der Waals surface area contributed by atoms with Gasteiger partial charge in [0.05, 0.1) is 6.33 Å². The number of hydrogen-bond donors (Lipinski definition) is 0. The van der Waals surface area contributed by atoms with E-state index in [9.17, 15) is 4.39 Å². The first-order chi connectivity index (χ1) is 14.8. The summed E-state index contributed by atoms with van der Waals surface area (Å²) in [5.74, 6) is 3.60. The molecule has 2 aliphatic carbocycles. The van der Waals surface area contributed by atoms with Gasteiger partial charge in [0.15, 0.2) is 0 Å². The van der Waals surface area contributed by atoms with Crippen LogP contribution in [-0.4, -0.2) is 0 Å². The molecule has 2 saturated carbocycles.